The number of carboxylic acid groups (broad SMARTS) is 1. The number of hydrogen-bond acceptors (Lipinski definition) is 8. The lowest BCUT2D eigenvalue weighted by atomic mass is 9.88. The highest BCUT2D eigenvalue weighted by Crippen LogP contribution is 2.21. The van der Waals surface area contributed by atoms with E-state index in [1.54, 1.807) is 0 Å². The maximum atomic E-state index is 13.9. The smallest absolute Gasteiger partial charge is 0.323 e. The van der Waals surface area contributed by atoms with Crippen molar-refractivity contribution >= 4 is 29.6 Å². The van der Waals surface area contributed by atoms with Crippen LogP contribution in [0.3, 0.4) is 0 Å². The van der Waals surface area contributed by atoms with Gasteiger partial charge in [0, 0.05) is 26.1 Å². The third kappa shape index (κ3) is 13.4. The van der Waals surface area contributed by atoms with E-state index in [9.17, 15) is 29.1 Å². The Labute approximate surface area is 301 Å². The van der Waals surface area contributed by atoms with Gasteiger partial charge in [0.05, 0.1) is 6.54 Å². The SMILES string of the molecule is CC(C)CC(NC(=O)[C@@H](Cc1ccccc1)NC(=O)CNC[C@H](C)c1ccccc1)C(=O)N[C@H](CCCCN)C(=O)N1CCC(N)(C(=O)O)CC1. The highest BCUT2D eigenvalue weighted by molar-refractivity contribution is 5.94. The fourth-order valence-electron chi connectivity index (χ4n) is 6.16. The average Bonchev–Trinajstić information content (AvgIpc) is 3.11. The van der Waals surface area contributed by atoms with E-state index in [4.69, 9.17) is 11.5 Å². The zero-order valence-corrected chi connectivity index (χ0v) is 30.2. The van der Waals surface area contributed by atoms with Crippen LogP contribution in [-0.2, 0) is 30.4 Å². The van der Waals surface area contributed by atoms with Crippen molar-refractivity contribution in [2.24, 2.45) is 17.4 Å². The van der Waals surface area contributed by atoms with Gasteiger partial charge in [-0.15, -0.1) is 0 Å². The Morgan fingerprint density at radius 3 is 2.00 bits per heavy atom. The topological polar surface area (TPSA) is 209 Å². The average molecular weight is 708 g/mol. The number of aliphatic carboxylic acids is 1. The first-order valence-corrected chi connectivity index (χ1v) is 18.0. The van der Waals surface area contributed by atoms with Gasteiger partial charge >= 0.3 is 5.97 Å². The molecule has 280 valence electrons. The lowest BCUT2D eigenvalue weighted by molar-refractivity contribution is -0.148. The first-order chi connectivity index (χ1) is 24.3. The monoisotopic (exact) mass is 707 g/mol. The molecule has 1 aliphatic rings. The van der Waals surface area contributed by atoms with Gasteiger partial charge in [-0.25, -0.2) is 0 Å². The molecular formula is C38H57N7O6. The van der Waals surface area contributed by atoms with Crippen molar-refractivity contribution in [3.8, 4) is 0 Å². The van der Waals surface area contributed by atoms with Crippen LogP contribution in [0.4, 0.5) is 0 Å². The molecule has 0 saturated carbocycles. The number of carbonyl (C=O) groups excluding carboxylic acids is 4. The molecule has 9 N–H and O–H groups in total. The second kappa shape index (κ2) is 20.5. The lowest BCUT2D eigenvalue weighted by Gasteiger charge is -2.38. The molecular weight excluding hydrogens is 650 g/mol. The van der Waals surface area contributed by atoms with Gasteiger partial charge in [0.2, 0.25) is 23.6 Å². The number of piperidine rings is 1. The summed E-state index contributed by atoms with van der Waals surface area (Å²) in [5, 5.41) is 21.3. The van der Waals surface area contributed by atoms with Crippen LogP contribution in [0.15, 0.2) is 60.7 Å². The predicted octanol–water partition coefficient (Wildman–Crippen LogP) is 1.66. The highest BCUT2D eigenvalue weighted by Gasteiger charge is 2.40. The van der Waals surface area contributed by atoms with Crippen LogP contribution in [0.5, 0.6) is 0 Å². The van der Waals surface area contributed by atoms with Gasteiger partial charge in [-0.2, -0.15) is 0 Å². The van der Waals surface area contributed by atoms with E-state index in [-0.39, 0.29) is 62.5 Å². The number of benzene rings is 2. The second-order valence-corrected chi connectivity index (χ2v) is 14.1. The van der Waals surface area contributed by atoms with Crippen LogP contribution in [-0.4, -0.2) is 96.0 Å². The van der Waals surface area contributed by atoms with Crippen molar-refractivity contribution in [2.75, 3.05) is 32.7 Å². The third-order valence-electron chi connectivity index (χ3n) is 9.33. The first-order valence-electron chi connectivity index (χ1n) is 18.0. The molecule has 13 heteroatoms. The van der Waals surface area contributed by atoms with Crippen LogP contribution in [0.2, 0.25) is 0 Å². The summed E-state index contributed by atoms with van der Waals surface area (Å²) in [6.07, 6.45) is 2.27. The quantitative estimate of drug-likeness (QED) is 0.0997. The number of nitrogens with one attached hydrogen (secondary N) is 4. The summed E-state index contributed by atoms with van der Waals surface area (Å²) in [5.41, 5.74) is 12.3. The Morgan fingerprint density at radius 2 is 1.41 bits per heavy atom. The number of hydrogen-bond donors (Lipinski definition) is 7. The van der Waals surface area contributed by atoms with Crippen molar-refractivity contribution in [2.45, 2.75) is 95.3 Å². The maximum Gasteiger partial charge on any atom is 0.323 e. The molecule has 13 nitrogen and oxygen atoms in total. The number of likely N-dealkylation sites (tertiary alicyclic amines) is 1. The van der Waals surface area contributed by atoms with Gasteiger partial charge in [-0.3, -0.25) is 24.0 Å². The van der Waals surface area contributed by atoms with Crippen molar-refractivity contribution in [3.05, 3.63) is 71.8 Å². The van der Waals surface area contributed by atoms with E-state index in [2.05, 4.69) is 28.2 Å². The van der Waals surface area contributed by atoms with E-state index in [1.165, 1.54) is 4.90 Å². The minimum atomic E-state index is -1.40. The number of carboxylic acids is 1. The molecule has 1 saturated heterocycles. The standard InChI is InChI=1S/C38H57N7O6/c1-26(2)22-31(34(47)43-30(16-10-11-19-39)36(49)45-20-17-38(40,18-21-45)37(50)51)44-35(48)32(23-28-12-6-4-7-13-28)42-33(46)25-41-24-27(3)29-14-8-5-9-15-29/h4-9,12-15,26-27,30-32,41H,10-11,16-25,39-40H2,1-3H3,(H,42,46)(H,43,47)(H,44,48)(H,50,51)/t27-,30+,31?,32+/m0/s1. The third-order valence-corrected chi connectivity index (χ3v) is 9.33. The molecule has 0 bridgehead atoms. The number of nitrogens with two attached hydrogens (primary N) is 2. The van der Waals surface area contributed by atoms with E-state index in [0.717, 1.165) is 11.1 Å². The van der Waals surface area contributed by atoms with Crippen molar-refractivity contribution < 1.29 is 29.1 Å². The van der Waals surface area contributed by atoms with Crippen molar-refractivity contribution in [3.63, 3.8) is 0 Å². The molecule has 0 aromatic heterocycles. The largest absolute Gasteiger partial charge is 0.480 e. The van der Waals surface area contributed by atoms with Gasteiger partial charge in [0.1, 0.15) is 23.7 Å². The zero-order valence-electron chi connectivity index (χ0n) is 30.2. The number of amides is 4. The molecule has 4 amide bonds. The molecule has 1 fully saturated rings. The molecule has 0 aliphatic carbocycles. The minimum Gasteiger partial charge on any atom is -0.480 e. The Bertz CT molecular complexity index is 1420. The summed E-state index contributed by atoms with van der Waals surface area (Å²) < 4.78 is 0. The second-order valence-electron chi connectivity index (χ2n) is 14.1. The fourth-order valence-corrected chi connectivity index (χ4v) is 6.16. The number of rotatable bonds is 20. The summed E-state index contributed by atoms with van der Waals surface area (Å²) >= 11 is 0. The van der Waals surface area contributed by atoms with Crippen LogP contribution in [0, 0.1) is 5.92 Å². The summed E-state index contributed by atoms with van der Waals surface area (Å²) in [6.45, 7) is 7.22. The number of carbonyl (C=O) groups is 5. The number of nitrogens with zero attached hydrogens (tertiary/aromatic N) is 1. The molecule has 2 aromatic rings. The maximum absolute atomic E-state index is 13.9. The molecule has 3 rings (SSSR count). The summed E-state index contributed by atoms with van der Waals surface area (Å²) in [7, 11) is 0. The normalized spacial score (nSPS) is 16.4. The van der Waals surface area contributed by atoms with Crippen molar-refractivity contribution in [1.82, 2.24) is 26.2 Å². The molecule has 1 unspecified atom stereocenters. The van der Waals surface area contributed by atoms with Gasteiger partial charge in [-0.1, -0.05) is 81.4 Å². The van der Waals surface area contributed by atoms with Crippen LogP contribution >= 0.6 is 0 Å². The van der Waals surface area contributed by atoms with Gasteiger partial charge in [-0.05, 0) is 68.0 Å². The van der Waals surface area contributed by atoms with Crippen molar-refractivity contribution in [1.29, 1.82) is 0 Å². The van der Waals surface area contributed by atoms with E-state index in [0.29, 0.717) is 38.8 Å². The number of unbranched alkanes of at least 4 members (excludes halogenated alkanes) is 1. The Hall–Kier alpha value is -4.33. The Morgan fingerprint density at radius 1 is 0.824 bits per heavy atom. The molecule has 0 radical (unpaired) electrons. The van der Waals surface area contributed by atoms with E-state index >= 15 is 0 Å². The molecule has 1 heterocycles. The molecule has 1 aliphatic heterocycles. The van der Waals surface area contributed by atoms with Gasteiger partial charge < -0.3 is 42.7 Å². The summed E-state index contributed by atoms with van der Waals surface area (Å²) in [6, 6.07) is 16.5. The van der Waals surface area contributed by atoms with Crippen LogP contribution in [0.25, 0.3) is 0 Å². The van der Waals surface area contributed by atoms with Crippen LogP contribution in [0.1, 0.15) is 76.3 Å². The molecule has 2 aromatic carbocycles. The molecule has 4 atom stereocenters. The predicted molar refractivity (Wildman–Crippen MR) is 196 cm³/mol. The van der Waals surface area contributed by atoms with Gasteiger partial charge in [0.15, 0.2) is 0 Å². The Balaban J connectivity index is 1.71. The van der Waals surface area contributed by atoms with E-state index in [1.807, 2.05) is 74.5 Å². The Kier molecular flexibility index (Phi) is 16.5. The van der Waals surface area contributed by atoms with Gasteiger partial charge in [0.25, 0.3) is 0 Å². The van der Waals surface area contributed by atoms with E-state index < -0.39 is 41.4 Å². The summed E-state index contributed by atoms with van der Waals surface area (Å²) in [4.78, 5) is 67.7. The molecule has 51 heavy (non-hydrogen) atoms. The minimum absolute atomic E-state index is 0.00643. The summed E-state index contributed by atoms with van der Waals surface area (Å²) in [5.74, 6) is -2.62. The zero-order chi connectivity index (χ0) is 37.4. The highest BCUT2D eigenvalue weighted by atomic mass is 16.4. The lowest BCUT2D eigenvalue weighted by Crippen LogP contribution is -2.60. The fraction of sp³-hybridized carbons (Fsp3) is 0.553. The van der Waals surface area contributed by atoms with Crippen LogP contribution < -0.4 is 32.7 Å². The molecule has 0 spiro atoms. The first kappa shape index (κ1) is 41.1.